The highest BCUT2D eigenvalue weighted by Gasteiger charge is 2.47. The second-order valence-corrected chi connectivity index (χ2v) is 8.39. The quantitative estimate of drug-likeness (QED) is 0.717. The van der Waals surface area contributed by atoms with Crippen molar-refractivity contribution in [2.24, 2.45) is 0 Å². The number of ether oxygens (including phenoxy) is 1. The van der Waals surface area contributed by atoms with Crippen LogP contribution in [0, 0.1) is 11.6 Å². The predicted molar refractivity (Wildman–Crippen MR) is 105 cm³/mol. The van der Waals surface area contributed by atoms with Crippen LogP contribution >= 0.6 is 0 Å². The van der Waals surface area contributed by atoms with E-state index in [-0.39, 0.29) is 11.0 Å². The summed E-state index contributed by atoms with van der Waals surface area (Å²) in [5, 5.41) is 3.39. The van der Waals surface area contributed by atoms with E-state index in [9.17, 15) is 8.78 Å². The van der Waals surface area contributed by atoms with Gasteiger partial charge in [0, 0.05) is 37.0 Å². The van der Waals surface area contributed by atoms with Gasteiger partial charge in [-0.3, -0.25) is 4.98 Å². The first-order chi connectivity index (χ1) is 13.6. The molecule has 1 aliphatic carbocycles. The third-order valence-corrected chi connectivity index (χ3v) is 6.49. The van der Waals surface area contributed by atoms with Crippen LogP contribution in [0.4, 0.5) is 8.78 Å². The zero-order valence-corrected chi connectivity index (χ0v) is 16.2. The zero-order valence-electron chi connectivity index (χ0n) is 16.2. The van der Waals surface area contributed by atoms with Gasteiger partial charge in [0.25, 0.3) is 0 Å². The van der Waals surface area contributed by atoms with Crippen LogP contribution in [0.3, 0.4) is 0 Å². The van der Waals surface area contributed by atoms with Gasteiger partial charge >= 0.3 is 0 Å². The highest BCUT2D eigenvalue weighted by Crippen LogP contribution is 2.49. The number of pyridine rings is 1. The Morgan fingerprint density at radius 3 is 2.43 bits per heavy atom. The summed E-state index contributed by atoms with van der Waals surface area (Å²) in [7, 11) is 0. The Kier molecular flexibility index (Phi) is 5.74. The fourth-order valence-electron chi connectivity index (χ4n) is 5.14. The average Bonchev–Trinajstić information content (AvgIpc) is 3.13. The van der Waals surface area contributed by atoms with Gasteiger partial charge in [0.05, 0.1) is 5.60 Å². The minimum absolute atomic E-state index is 0.0210. The minimum atomic E-state index is -0.530. The Hall–Kier alpha value is -1.85. The maximum Gasteiger partial charge on any atom is 0.126 e. The summed E-state index contributed by atoms with van der Waals surface area (Å²) in [5.41, 5.74) is 2.05. The molecule has 4 rings (SSSR count). The normalized spacial score (nSPS) is 23.9. The molecule has 1 aliphatic heterocycles. The number of hydrogen-bond acceptors (Lipinski definition) is 3. The molecule has 150 valence electrons. The van der Waals surface area contributed by atoms with E-state index < -0.39 is 11.6 Å². The molecule has 2 heterocycles. The number of halogens is 2. The number of benzene rings is 1. The molecule has 0 radical (unpaired) electrons. The van der Waals surface area contributed by atoms with Gasteiger partial charge in [-0.15, -0.1) is 0 Å². The summed E-state index contributed by atoms with van der Waals surface area (Å²) in [6.45, 7) is 2.04. The summed E-state index contributed by atoms with van der Waals surface area (Å²) >= 11 is 0. The van der Waals surface area contributed by atoms with E-state index in [0.29, 0.717) is 12.1 Å². The van der Waals surface area contributed by atoms with Crippen molar-refractivity contribution in [2.45, 2.75) is 62.5 Å². The lowest BCUT2D eigenvalue weighted by molar-refractivity contribution is -0.103. The molecule has 5 heteroatoms. The van der Waals surface area contributed by atoms with E-state index in [1.165, 1.54) is 30.5 Å². The molecule has 1 atom stereocenters. The molecule has 28 heavy (non-hydrogen) atoms. The first kappa shape index (κ1) is 19.5. The highest BCUT2D eigenvalue weighted by atomic mass is 19.1. The second-order valence-electron chi connectivity index (χ2n) is 8.39. The molecular weight excluding hydrogens is 358 g/mol. The van der Waals surface area contributed by atoms with Gasteiger partial charge < -0.3 is 10.1 Å². The molecule has 1 aromatic carbocycles. The van der Waals surface area contributed by atoms with Crippen molar-refractivity contribution in [3.63, 3.8) is 0 Å². The lowest BCUT2D eigenvalue weighted by Crippen LogP contribution is -2.47. The summed E-state index contributed by atoms with van der Waals surface area (Å²) in [6.07, 6.45) is 11.5. The van der Waals surface area contributed by atoms with Gasteiger partial charge in [0.1, 0.15) is 11.6 Å². The molecule has 1 aromatic heterocycles. The molecular formula is C23H28F2N2O. The number of aromatic nitrogens is 1. The van der Waals surface area contributed by atoms with Crippen molar-refractivity contribution in [3.05, 3.63) is 65.5 Å². The van der Waals surface area contributed by atoms with Crippen LogP contribution in [0.2, 0.25) is 0 Å². The van der Waals surface area contributed by atoms with Crippen molar-refractivity contribution in [1.29, 1.82) is 0 Å². The number of nitrogens with zero attached hydrogens (tertiary/aromatic N) is 1. The Morgan fingerprint density at radius 1 is 1.00 bits per heavy atom. The SMILES string of the molecule is Fc1cc(F)cc(CNCC[C@@]2(c3ccncc3)CCOC3(CCCC3)C2)c1. The van der Waals surface area contributed by atoms with Crippen molar-refractivity contribution in [2.75, 3.05) is 13.2 Å². The molecule has 1 N–H and O–H groups in total. The monoisotopic (exact) mass is 386 g/mol. The van der Waals surface area contributed by atoms with Gasteiger partial charge in [-0.2, -0.15) is 0 Å². The second kappa shape index (κ2) is 8.26. The smallest absolute Gasteiger partial charge is 0.126 e. The van der Waals surface area contributed by atoms with E-state index in [2.05, 4.69) is 22.4 Å². The van der Waals surface area contributed by atoms with Gasteiger partial charge in [-0.1, -0.05) is 12.8 Å². The van der Waals surface area contributed by atoms with Crippen molar-refractivity contribution < 1.29 is 13.5 Å². The van der Waals surface area contributed by atoms with Crippen LogP contribution < -0.4 is 5.32 Å². The first-order valence-corrected chi connectivity index (χ1v) is 10.3. The Morgan fingerprint density at radius 2 is 1.71 bits per heavy atom. The van der Waals surface area contributed by atoms with Crippen LogP contribution in [-0.4, -0.2) is 23.7 Å². The van der Waals surface area contributed by atoms with Gasteiger partial charge in [0.15, 0.2) is 0 Å². The van der Waals surface area contributed by atoms with E-state index in [1.54, 1.807) is 0 Å². The lowest BCUT2D eigenvalue weighted by Gasteiger charge is -2.47. The lowest BCUT2D eigenvalue weighted by atomic mass is 9.66. The fraction of sp³-hybridized carbons (Fsp3) is 0.522. The molecule has 0 bridgehead atoms. The first-order valence-electron chi connectivity index (χ1n) is 10.3. The molecule has 0 amide bonds. The van der Waals surface area contributed by atoms with E-state index in [1.807, 2.05) is 12.4 Å². The highest BCUT2D eigenvalue weighted by molar-refractivity contribution is 5.25. The summed E-state index contributed by atoms with van der Waals surface area (Å²) in [6, 6.07) is 7.95. The van der Waals surface area contributed by atoms with E-state index >= 15 is 0 Å². The maximum absolute atomic E-state index is 13.4. The molecule has 3 nitrogen and oxygen atoms in total. The molecule has 2 fully saturated rings. The summed E-state index contributed by atoms with van der Waals surface area (Å²) in [4.78, 5) is 4.20. The van der Waals surface area contributed by atoms with Crippen LogP contribution in [0.5, 0.6) is 0 Å². The van der Waals surface area contributed by atoms with Crippen LogP contribution in [0.25, 0.3) is 0 Å². The largest absolute Gasteiger partial charge is 0.375 e. The zero-order chi connectivity index (χ0) is 19.5. The molecule has 2 aliphatic rings. The van der Waals surface area contributed by atoms with Crippen LogP contribution in [0.15, 0.2) is 42.7 Å². The maximum atomic E-state index is 13.4. The molecule has 2 aromatic rings. The number of nitrogens with one attached hydrogen (secondary N) is 1. The van der Waals surface area contributed by atoms with Gasteiger partial charge in [-0.25, -0.2) is 8.78 Å². The van der Waals surface area contributed by atoms with Crippen LogP contribution in [0.1, 0.15) is 56.1 Å². The van der Waals surface area contributed by atoms with Crippen molar-refractivity contribution in [1.82, 2.24) is 10.3 Å². The third kappa shape index (κ3) is 4.26. The Bertz CT molecular complexity index is 772. The number of hydrogen-bond donors (Lipinski definition) is 1. The van der Waals surface area contributed by atoms with Gasteiger partial charge in [0.2, 0.25) is 0 Å². The summed E-state index contributed by atoms with van der Waals surface area (Å²) < 4.78 is 33.1. The predicted octanol–water partition coefficient (Wildman–Crippen LogP) is 4.90. The van der Waals surface area contributed by atoms with E-state index in [0.717, 1.165) is 51.3 Å². The standard InChI is InChI=1S/C23H28F2N2O/c24-20-13-18(14-21(25)15-20)16-27-11-7-22(19-3-9-26-10-4-19)8-12-28-23(17-22)5-1-2-6-23/h3-4,9-10,13-15,27H,1-2,5-8,11-12,16-17H2/t22-/m1/s1. The average molecular weight is 386 g/mol. The van der Waals surface area contributed by atoms with E-state index in [4.69, 9.17) is 4.74 Å². The topological polar surface area (TPSA) is 34.2 Å². The third-order valence-electron chi connectivity index (χ3n) is 6.49. The molecule has 1 spiro atoms. The van der Waals surface area contributed by atoms with Gasteiger partial charge in [-0.05, 0) is 74.0 Å². The molecule has 1 saturated heterocycles. The molecule has 0 unspecified atom stereocenters. The molecule has 1 saturated carbocycles. The Balaban J connectivity index is 1.45. The fourth-order valence-corrected chi connectivity index (χ4v) is 5.14. The summed E-state index contributed by atoms with van der Waals surface area (Å²) in [5.74, 6) is -1.06. The van der Waals surface area contributed by atoms with Crippen molar-refractivity contribution >= 4 is 0 Å². The number of rotatable bonds is 6. The van der Waals surface area contributed by atoms with Crippen LogP contribution in [-0.2, 0) is 16.7 Å². The van der Waals surface area contributed by atoms with Crippen molar-refractivity contribution in [3.8, 4) is 0 Å². The minimum Gasteiger partial charge on any atom is -0.375 e. The Labute approximate surface area is 165 Å².